The fraction of sp³-hybridized carbons (Fsp3) is 0.381. The summed E-state index contributed by atoms with van der Waals surface area (Å²) in [6.07, 6.45) is 3.14. The number of carbonyl (C=O) groups excluding carboxylic acids is 2. The molecule has 2 N–H and O–H groups in total. The lowest BCUT2D eigenvalue weighted by Crippen LogP contribution is -2.31. The minimum atomic E-state index is -0.312. The van der Waals surface area contributed by atoms with Gasteiger partial charge >= 0.3 is 0 Å². The molecule has 0 atom stereocenters. The van der Waals surface area contributed by atoms with Crippen LogP contribution in [0.4, 0.5) is 5.69 Å². The van der Waals surface area contributed by atoms with Crippen LogP contribution in [0.5, 0.6) is 0 Å². The van der Waals surface area contributed by atoms with Crippen molar-refractivity contribution in [1.82, 2.24) is 15.2 Å². The number of aryl methyl sites for hydroxylation is 2. The van der Waals surface area contributed by atoms with Crippen LogP contribution in [-0.4, -0.2) is 48.9 Å². The van der Waals surface area contributed by atoms with Gasteiger partial charge in [-0.3, -0.25) is 14.6 Å². The molecule has 0 unspecified atom stereocenters. The fourth-order valence-corrected chi connectivity index (χ4v) is 2.77. The van der Waals surface area contributed by atoms with Gasteiger partial charge in [0.1, 0.15) is 5.69 Å². The Kier molecular flexibility index (Phi) is 7.49. The number of nitrogens with one attached hydrogen (secondary N) is 2. The summed E-state index contributed by atoms with van der Waals surface area (Å²) < 4.78 is 0. The molecule has 2 amide bonds. The quantitative estimate of drug-likeness (QED) is 0.751. The molecule has 0 saturated heterocycles. The highest BCUT2D eigenvalue weighted by atomic mass is 16.2. The Morgan fingerprint density at radius 1 is 1.04 bits per heavy atom. The van der Waals surface area contributed by atoms with E-state index in [4.69, 9.17) is 0 Å². The Morgan fingerprint density at radius 3 is 2.30 bits per heavy atom. The summed E-state index contributed by atoms with van der Waals surface area (Å²) in [5, 5.41) is 5.82. The number of benzene rings is 1. The molecule has 0 saturated carbocycles. The second-order valence-corrected chi connectivity index (χ2v) is 6.60. The van der Waals surface area contributed by atoms with Gasteiger partial charge in [-0.25, -0.2) is 0 Å². The predicted molar refractivity (Wildman–Crippen MR) is 108 cm³/mol. The highest BCUT2D eigenvalue weighted by Gasteiger charge is 2.15. The van der Waals surface area contributed by atoms with Crippen LogP contribution in [0, 0.1) is 0 Å². The number of likely N-dealkylation sites (N-methyl/N-ethyl adjacent to an activating group) is 1. The first-order valence-electron chi connectivity index (χ1n) is 9.27. The van der Waals surface area contributed by atoms with Crippen molar-refractivity contribution in [2.24, 2.45) is 0 Å². The molecule has 0 aliphatic carbocycles. The number of rotatable bonds is 8. The van der Waals surface area contributed by atoms with Crippen molar-refractivity contribution < 1.29 is 9.59 Å². The minimum Gasteiger partial charge on any atom is -0.351 e. The van der Waals surface area contributed by atoms with E-state index in [2.05, 4.69) is 29.5 Å². The number of anilines is 1. The van der Waals surface area contributed by atoms with Crippen LogP contribution in [0.15, 0.2) is 36.5 Å². The number of hydrogen-bond acceptors (Lipinski definition) is 4. The number of amides is 2. The number of aromatic nitrogens is 1. The van der Waals surface area contributed by atoms with E-state index < -0.39 is 0 Å². The first kappa shape index (κ1) is 20.6. The van der Waals surface area contributed by atoms with Gasteiger partial charge in [0.2, 0.25) is 0 Å². The summed E-state index contributed by atoms with van der Waals surface area (Å²) in [6.45, 7) is 5.40. The average molecular weight is 368 g/mol. The number of pyridine rings is 1. The maximum atomic E-state index is 12.7. The molecule has 27 heavy (non-hydrogen) atoms. The van der Waals surface area contributed by atoms with Gasteiger partial charge in [-0.05, 0) is 50.2 Å². The lowest BCUT2D eigenvalue weighted by atomic mass is 10.0. The van der Waals surface area contributed by atoms with E-state index in [1.165, 1.54) is 12.3 Å². The average Bonchev–Trinajstić information content (AvgIpc) is 2.67. The maximum absolute atomic E-state index is 12.7. The van der Waals surface area contributed by atoms with Crippen LogP contribution in [0.25, 0.3) is 0 Å². The Morgan fingerprint density at radius 2 is 1.70 bits per heavy atom. The molecular formula is C21H28N4O2. The Bertz CT molecular complexity index is 780. The van der Waals surface area contributed by atoms with E-state index in [9.17, 15) is 9.59 Å². The van der Waals surface area contributed by atoms with Crippen molar-refractivity contribution in [3.8, 4) is 0 Å². The summed E-state index contributed by atoms with van der Waals surface area (Å²) in [5.41, 5.74) is 3.66. The monoisotopic (exact) mass is 368 g/mol. The normalized spacial score (nSPS) is 10.7. The molecule has 6 nitrogen and oxygen atoms in total. The van der Waals surface area contributed by atoms with E-state index in [1.807, 2.05) is 37.2 Å². The highest BCUT2D eigenvalue weighted by Crippen LogP contribution is 2.23. The van der Waals surface area contributed by atoms with Gasteiger partial charge in [0, 0.05) is 30.5 Å². The topological polar surface area (TPSA) is 74.3 Å². The van der Waals surface area contributed by atoms with E-state index >= 15 is 0 Å². The van der Waals surface area contributed by atoms with Gasteiger partial charge in [-0.1, -0.05) is 32.0 Å². The number of hydrogen-bond donors (Lipinski definition) is 2. The summed E-state index contributed by atoms with van der Waals surface area (Å²) in [5.74, 6) is -0.523. The van der Waals surface area contributed by atoms with Crippen molar-refractivity contribution in [3.63, 3.8) is 0 Å². The number of para-hydroxylation sites is 1. The molecule has 2 aromatic rings. The maximum Gasteiger partial charge on any atom is 0.274 e. The zero-order chi connectivity index (χ0) is 19.8. The summed E-state index contributed by atoms with van der Waals surface area (Å²) in [4.78, 5) is 31.1. The third kappa shape index (κ3) is 5.62. The van der Waals surface area contributed by atoms with E-state index in [1.54, 1.807) is 6.07 Å². The van der Waals surface area contributed by atoms with Crippen molar-refractivity contribution in [2.45, 2.75) is 26.7 Å². The Hall–Kier alpha value is -2.73. The van der Waals surface area contributed by atoms with Crippen LogP contribution < -0.4 is 10.6 Å². The molecule has 0 fully saturated rings. The van der Waals surface area contributed by atoms with Crippen molar-refractivity contribution >= 4 is 17.5 Å². The van der Waals surface area contributed by atoms with Crippen molar-refractivity contribution in [2.75, 3.05) is 32.5 Å². The fourth-order valence-electron chi connectivity index (χ4n) is 2.77. The van der Waals surface area contributed by atoms with Gasteiger partial charge in [-0.15, -0.1) is 0 Å². The smallest absolute Gasteiger partial charge is 0.274 e. The van der Waals surface area contributed by atoms with Gasteiger partial charge in [-0.2, -0.15) is 0 Å². The lowest BCUT2D eigenvalue weighted by molar-refractivity contribution is 0.0951. The van der Waals surface area contributed by atoms with Gasteiger partial charge in [0.15, 0.2) is 0 Å². The summed E-state index contributed by atoms with van der Waals surface area (Å²) >= 11 is 0. The lowest BCUT2D eigenvalue weighted by Gasteiger charge is -2.14. The second kappa shape index (κ2) is 9.83. The Balaban J connectivity index is 2.15. The molecule has 144 valence electrons. The molecule has 6 heteroatoms. The first-order valence-corrected chi connectivity index (χ1v) is 9.27. The van der Waals surface area contributed by atoms with Crippen LogP contribution >= 0.6 is 0 Å². The van der Waals surface area contributed by atoms with E-state index in [0.717, 1.165) is 36.2 Å². The van der Waals surface area contributed by atoms with Crippen molar-refractivity contribution in [3.05, 3.63) is 58.9 Å². The van der Waals surface area contributed by atoms with Crippen LogP contribution in [0.3, 0.4) is 0 Å². The highest BCUT2D eigenvalue weighted by molar-refractivity contribution is 6.05. The van der Waals surface area contributed by atoms with Gasteiger partial charge < -0.3 is 15.5 Å². The largest absolute Gasteiger partial charge is 0.351 e. The summed E-state index contributed by atoms with van der Waals surface area (Å²) in [7, 11) is 3.89. The van der Waals surface area contributed by atoms with Gasteiger partial charge in [0.05, 0.1) is 0 Å². The van der Waals surface area contributed by atoms with Gasteiger partial charge in [0.25, 0.3) is 11.8 Å². The Labute approximate surface area is 161 Å². The van der Waals surface area contributed by atoms with Crippen LogP contribution in [-0.2, 0) is 12.8 Å². The van der Waals surface area contributed by atoms with Crippen LogP contribution in [0.2, 0.25) is 0 Å². The third-order valence-corrected chi connectivity index (χ3v) is 4.34. The summed E-state index contributed by atoms with van der Waals surface area (Å²) in [6, 6.07) is 9.16. The number of carbonyl (C=O) groups is 2. The van der Waals surface area contributed by atoms with E-state index in [-0.39, 0.29) is 17.5 Å². The number of nitrogens with zero attached hydrogens (tertiary/aromatic N) is 2. The minimum absolute atomic E-state index is 0.212. The van der Waals surface area contributed by atoms with Crippen molar-refractivity contribution in [1.29, 1.82) is 0 Å². The molecule has 0 radical (unpaired) electrons. The molecule has 0 spiro atoms. The zero-order valence-corrected chi connectivity index (χ0v) is 16.5. The second-order valence-electron chi connectivity index (χ2n) is 6.60. The molecule has 1 heterocycles. The SMILES string of the molecule is CCc1cccc(CC)c1NC(=O)c1cc(C(=O)NCCN(C)C)ccn1. The molecule has 0 aliphatic heterocycles. The van der Waals surface area contributed by atoms with Crippen LogP contribution in [0.1, 0.15) is 45.8 Å². The molecule has 0 aliphatic rings. The molecule has 0 bridgehead atoms. The molecule has 1 aromatic carbocycles. The standard InChI is InChI=1S/C21H28N4O2/c1-5-15-8-7-9-16(6-2)19(15)24-21(27)18-14-17(10-11-22-18)20(26)23-12-13-25(3)4/h7-11,14H,5-6,12-13H2,1-4H3,(H,23,26)(H,24,27). The molecule has 2 rings (SSSR count). The molecular weight excluding hydrogens is 340 g/mol. The van der Waals surface area contributed by atoms with E-state index in [0.29, 0.717) is 12.1 Å². The predicted octanol–water partition coefficient (Wildman–Crippen LogP) is 2.75. The zero-order valence-electron chi connectivity index (χ0n) is 16.5. The molecule has 1 aromatic heterocycles. The third-order valence-electron chi connectivity index (χ3n) is 4.34. The first-order chi connectivity index (χ1) is 13.0.